The molecule has 3 nitrogen and oxygen atoms in total. The molecule has 112 valence electrons. The maximum Gasteiger partial charge on any atom is 0.225 e. The maximum atomic E-state index is 12.0. The lowest BCUT2D eigenvalue weighted by molar-refractivity contribution is -0.116. The van der Waals surface area contributed by atoms with Crippen molar-refractivity contribution in [3.63, 3.8) is 0 Å². The fraction of sp³-hybridized carbons (Fsp3) is 0.211. The van der Waals surface area contributed by atoms with E-state index in [2.05, 4.69) is 30.4 Å². The Balaban J connectivity index is 2.03. The molecule has 3 rings (SSSR count). The summed E-state index contributed by atoms with van der Waals surface area (Å²) in [6.45, 7) is 3.93. The molecule has 1 aliphatic rings. The van der Waals surface area contributed by atoms with E-state index in [4.69, 9.17) is 0 Å². The molecule has 0 saturated carbocycles. The topological polar surface area (TPSA) is 49.3 Å². The number of benzene rings is 2. The quantitative estimate of drug-likeness (QED) is 0.870. The predicted molar refractivity (Wildman–Crippen MR) is 88.9 cm³/mol. The average molecular weight is 293 g/mol. The van der Waals surface area contributed by atoms with E-state index in [1.54, 1.807) is 6.07 Å². The molecule has 0 saturated heterocycles. The van der Waals surface area contributed by atoms with Gasteiger partial charge < -0.3 is 10.4 Å². The molecule has 0 aliphatic carbocycles. The van der Waals surface area contributed by atoms with Crippen LogP contribution in [0.4, 0.5) is 5.69 Å². The first-order chi connectivity index (χ1) is 10.5. The fourth-order valence-corrected chi connectivity index (χ4v) is 2.93. The Morgan fingerprint density at radius 2 is 2.00 bits per heavy atom. The van der Waals surface area contributed by atoms with Crippen LogP contribution in [0, 0.1) is 6.92 Å². The highest BCUT2D eigenvalue weighted by atomic mass is 16.3. The highest BCUT2D eigenvalue weighted by molar-refractivity contribution is 5.96. The highest BCUT2D eigenvalue weighted by Crippen LogP contribution is 2.40. The Bertz CT molecular complexity index is 748. The van der Waals surface area contributed by atoms with Crippen molar-refractivity contribution in [2.24, 2.45) is 0 Å². The smallest absolute Gasteiger partial charge is 0.225 e. The van der Waals surface area contributed by atoms with Crippen LogP contribution in [0.25, 0.3) is 6.08 Å². The highest BCUT2D eigenvalue weighted by Gasteiger charge is 2.27. The van der Waals surface area contributed by atoms with E-state index >= 15 is 0 Å². The van der Waals surface area contributed by atoms with Gasteiger partial charge in [0.15, 0.2) is 0 Å². The molecular formula is C19H19NO2. The van der Waals surface area contributed by atoms with Gasteiger partial charge in [-0.2, -0.15) is 0 Å². The molecule has 22 heavy (non-hydrogen) atoms. The molecule has 0 aromatic heterocycles. The summed E-state index contributed by atoms with van der Waals surface area (Å²) < 4.78 is 0. The Kier molecular flexibility index (Phi) is 3.72. The van der Waals surface area contributed by atoms with Crippen molar-refractivity contribution >= 4 is 17.7 Å². The zero-order chi connectivity index (χ0) is 15.7. The number of aromatic hydroxyl groups is 1. The number of allylic oxidation sites excluding steroid dienone is 1. The molecule has 0 fully saturated rings. The maximum absolute atomic E-state index is 12.0. The number of carbonyl (C=O) groups is 1. The lowest BCUT2D eigenvalue weighted by atomic mass is 9.83. The molecule has 2 N–H and O–H groups in total. The van der Waals surface area contributed by atoms with Gasteiger partial charge in [-0.3, -0.25) is 4.79 Å². The normalized spacial score (nSPS) is 17.8. The summed E-state index contributed by atoms with van der Waals surface area (Å²) in [6.07, 6.45) is 2.56. The largest absolute Gasteiger partial charge is 0.508 e. The van der Waals surface area contributed by atoms with Gasteiger partial charge in [0.05, 0.1) is 0 Å². The van der Waals surface area contributed by atoms with Gasteiger partial charge in [-0.05, 0) is 36.6 Å². The zero-order valence-electron chi connectivity index (χ0n) is 12.8. The van der Waals surface area contributed by atoms with Crippen molar-refractivity contribution in [2.45, 2.75) is 26.2 Å². The van der Waals surface area contributed by atoms with Crippen LogP contribution in [0.5, 0.6) is 5.75 Å². The van der Waals surface area contributed by atoms with Gasteiger partial charge in [-0.1, -0.05) is 42.0 Å². The van der Waals surface area contributed by atoms with Crippen LogP contribution < -0.4 is 5.32 Å². The van der Waals surface area contributed by atoms with Crippen molar-refractivity contribution in [3.8, 4) is 5.75 Å². The summed E-state index contributed by atoms with van der Waals surface area (Å²) in [7, 11) is 0. The Labute approximate surface area is 130 Å². The third-order valence-electron chi connectivity index (χ3n) is 4.15. The van der Waals surface area contributed by atoms with Crippen molar-refractivity contribution in [1.29, 1.82) is 0 Å². The molecule has 3 heteroatoms. The minimum atomic E-state index is -0.0124. The lowest BCUT2D eigenvalue weighted by Crippen LogP contribution is -2.23. The molecule has 2 aromatic rings. The van der Waals surface area contributed by atoms with E-state index in [1.807, 2.05) is 31.2 Å². The number of nitrogens with one attached hydrogen (secondary N) is 1. The van der Waals surface area contributed by atoms with E-state index in [1.165, 1.54) is 0 Å². The standard InChI is InChI=1S/C19H19NO2/c1-12(8-14-6-4-3-5-7-14)15-10-19(22)20-17-11-18(21)13(2)9-16(15)17/h3-9,11,15,21H,10H2,1-2H3,(H,20,22)/b12-8+/t15-/m1/s1. The van der Waals surface area contributed by atoms with Crippen molar-refractivity contribution in [2.75, 3.05) is 5.32 Å². The van der Waals surface area contributed by atoms with E-state index in [9.17, 15) is 9.90 Å². The zero-order valence-corrected chi connectivity index (χ0v) is 12.8. The third kappa shape index (κ3) is 2.75. The molecule has 0 spiro atoms. The summed E-state index contributed by atoms with van der Waals surface area (Å²) >= 11 is 0. The summed E-state index contributed by atoms with van der Waals surface area (Å²) in [4.78, 5) is 12.0. The lowest BCUT2D eigenvalue weighted by Gasteiger charge is -2.27. The number of aryl methyl sites for hydroxylation is 1. The second kappa shape index (κ2) is 5.68. The molecule has 1 amide bonds. The first kappa shape index (κ1) is 14.4. The van der Waals surface area contributed by atoms with Crippen LogP contribution in [0.2, 0.25) is 0 Å². The molecular weight excluding hydrogens is 274 g/mol. The number of phenols is 1. The first-order valence-corrected chi connectivity index (χ1v) is 7.41. The number of hydrogen-bond donors (Lipinski definition) is 2. The Hall–Kier alpha value is -2.55. The van der Waals surface area contributed by atoms with Crippen molar-refractivity contribution < 1.29 is 9.90 Å². The molecule has 0 radical (unpaired) electrons. The number of rotatable bonds is 2. The van der Waals surface area contributed by atoms with E-state index in [0.29, 0.717) is 12.1 Å². The summed E-state index contributed by atoms with van der Waals surface area (Å²) in [6, 6.07) is 13.7. The Morgan fingerprint density at radius 3 is 2.73 bits per heavy atom. The summed E-state index contributed by atoms with van der Waals surface area (Å²) in [5, 5.41) is 12.7. The SMILES string of the molecule is C/C(=C\c1ccccc1)[C@H]1CC(=O)Nc2cc(O)c(C)cc21. The average Bonchev–Trinajstić information content (AvgIpc) is 2.49. The van der Waals surface area contributed by atoms with Crippen LogP contribution in [-0.2, 0) is 4.79 Å². The van der Waals surface area contributed by atoms with Crippen molar-refractivity contribution in [1.82, 2.24) is 0 Å². The van der Waals surface area contributed by atoms with Gasteiger partial charge in [-0.25, -0.2) is 0 Å². The first-order valence-electron chi connectivity index (χ1n) is 7.41. The van der Waals surface area contributed by atoms with Gasteiger partial charge in [0, 0.05) is 24.1 Å². The Morgan fingerprint density at radius 1 is 1.27 bits per heavy atom. The number of hydrogen-bond acceptors (Lipinski definition) is 2. The summed E-state index contributed by atoms with van der Waals surface area (Å²) in [5.41, 5.74) is 4.88. The monoisotopic (exact) mass is 293 g/mol. The second-order valence-electron chi connectivity index (χ2n) is 5.83. The van der Waals surface area contributed by atoms with E-state index in [-0.39, 0.29) is 17.6 Å². The van der Waals surface area contributed by atoms with Crippen molar-refractivity contribution in [3.05, 3.63) is 64.7 Å². The second-order valence-corrected chi connectivity index (χ2v) is 5.83. The third-order valence-corrected chi connectivity index (χ3v) is 4.15. The van der Waals surface area contributed by atoms with Crippen LogP contribution in [0.3, 0.4) is 0 Å². The fourth-order valence-electron chi connectivity index (χ4n) is 2.93. The van der Waals surface area contributed by atoms with Gasteiger partial charge >= 0.3 is 0 Å². The number of anilines is 1. The molecule has 2 aromatic carbocycles. The molecule has 0 bridgehead atoms. The predicted octanol–water partition coefficient (Wildman–Crippen LogP) is 4.23. The molecule has 1 heterocycles. The summed E-state index contributed by atoms with van der Waals surface area (Å²) in [5.74, 6) is 0.245. The van der Waals surface area contributed by atoms with E-state index < -0.39 is 0 Å². The van der Waals surface area contributed by atoms with E-state index in [0.717, 1.165) is 22.3 Å². The number of phenolic OH excluding ortho intramolecular Hbond substituents is 1. The van der Waals surface area contributed by atoms with Gasteiger partial charge in [0.25, 0.3) is 0 Å². The van der Waals surface area contributed by atoms with Crippen LogP contribution >= 0.6 is 0 Å². The number of fused-ring (bicyclic) bond motifs is 1. The molecule has 0 unspecified atom stereocenters. The van der Waals surface area contributed by atoms with Gasteiger partial charge in [-0.15, -0.1) is 0 Å². The van der Waals surface area contributed by atoms with Crippen LogP contribution in [0.15, 0.2) is 48.0 Å². The van der Waals surface area contributed by atoms with Crippen LogP contribution in [-0.4, -0.2) is 11.0 Å². The van der Waals surface area contributed by atoms with Gasteiger partial charge in [0.2, 0.25) is 5.91 Å². The number of carbonyl (C=O) groups excluding carboxylic acids is 1. The minimum Gasteiger partial charge on any atom is -0.508 e. The van der Waals surface area contributed by atoms with Crippen LogP contribution in [0.1, 0.15) is 36.0 Å². The molecule has 1 aliphatic heterocycles. The number of amides is 1. The van der Waals surface area contributed by atoms with Gasteiger partial charge in [0.1, 0.15) is 5.75 Å². The molecule has 1 atom stereocenters. The minimum absolute atomic E-state index is 0.0124.